The summed E-state index contributed by atoms with van der Waals surface area (Å²) in [4.78, 5) is 23.8. The molecule has 0 aromatic carbocycles. The van der Waals surface area contributed by atoms with Gasteiger partial charge in [0.05, 0.1) is 0 Å². The number of carbonyl (C=O) groups excluding carboxylic acids is 2. The van der Waals surface area contributed by atoms with E-state index in [9.17, 15) is 9.59 Å². The van der Waals surface area contributed by atoms with Gasteiger partial charge < -0.3 is 4.74 Å². The van der Waals surface area contributed by atoms with E-state index in [4.69, 9.17) is 4.74 Å². The predicted octanol–water partition coefficient (Wildman–Crippen LogP) is 3.82. The molecular weight excluding hydrogens is 240 g/mol. The highest BCUT2D eigenvalue weighted by Crippen LogP contribution is 2.38. The number of Topliss-reactive ketones (excluding diaryl/α,β-unsaturated/α-hetero) is 1. The van der Waals surface area contributed by atoms with E-state index >= 15 is 0 Å². The lowest BCUT2D eigenvalue weighted by Crippen LogP contribution is -2.35. The maximum absolute atomic E-state index is 12.4. The van der Waals surface area contributed by atoms with Crippen molar-refractivity contribution in [1.82, 2.24) is 0 Å². The number of rotatable bonds is 5. The van der Waals surface area contributed by atoms with Crippen LogP contribution in [-0.4, -0.2) is 18.4 Å². The molecule has 0 aromatic rings. The first-order chi connectivity index (χ1) is 9.02. The lowest BCUT2D eigenvalue weighted by molar-refractivity contribution is -0.148. The zero-order valence-corrected chi connectivity index (χ0v) is 12.3. The van der Waals surface area contributed by atoms with Gasteiger partial charge in [0.1, 0.15) is 0 Å². The van der Waals surface area contributed by atoms with Crippen LogP contribution in [0.1, 0.15) is 65.2 Å². The van der Waals surface area contributed by atoms with Crippen molar-refractivity contribution in [3.63, 3.8) is 0 Å². The Hall–Kier alpha value is -1.12. The van der Waals surface area contributed by atoms with Crippen LogP contribution in [0.15, 0.2) is 12.2 Å². The Kier molecular flexibility index (Phi) is 6.26. The molecule has 0 heterocycles. The molecule has 0 aliphatic heterocycles. The van der Waals surface area contributed by atoms with E-state index in [2.05, 4.69) is 13.5 Å². The summed E-state index contributed by atoms with van der Waals surface area (Å²) in [6, 6.07) is 0. The molecule has 0 unspecified atom stereocenters. The fraction of sp³-hybridized carbons (Fsp3) is 0.750. The van der Waals surface area contributed by atoms with Gasteiger partial charge in [0, 0.05) is 11.0 Å². The minimum atomic E-state index is -0.467. The molecule has 108 valence electrons. The van der Waals surface area contributed by atoms with Crippen molar-refractivity contribution in [2.24, 2.45) is 5.41 Å². The number of hydrogen-bond donors (Lipinski definition) is 0. The maximum atomic E-state index is 12.4. The second kappa shape index (κ2) is 7.46. The largest absolute Gasteiger partial charge is 0.454 e. The Balaban J connectivity index is 2.62. The lowest BCUT2D eigenvalue weighted by atomic mass is 9.71. The fourth-order valence-electron chi connectivity index (χ4n) is 2.82. The molecule has 3 heteroatoms. The van der Waals surface area contributed by atoms with Crippen LogP contribution in [0.4, 0.5) is 0 Å². The smallest absolute Gasteiger partial charge is 0.333 e. The highest BCUT2D eigenvalue weighted by atomic mass is 16.5. The first-order valence-electron chi connectivity index (χ1n) is 7.38. The van der Waals surface area contributed by atoms with Crippen LogP contribution < -0.4 is 0 Å². The van der Waals surface area contributed by atoms with E-state index < -0.39 is 5.97 Å². The van der Waals surface area contributed by atoms with Crippen LogP contribution in [0.5, 0.6) is 0 Å². The van der Waals surface area contributed by atoms with Crippen LogP contribution in [0, 0.1) is 5.41 Å². The number of hydrogen-bond acceptors (Lipinski definition) is 3. The van der Waals surface area contributed by atoms with Crippen molar-refractivity contribution in [1.29, 1.82) is 0 Å². The molecule has 0 aromatic heterocycles. The van der Waals surface area contributed by atoms with Crippen molar-refractivity contribution in [2.45, 2.75) is 65.2 Å². The van der Waals surface area contributed by atoms with E-state index in [-0.39, 0.29) is 17.8 Å². The Morgan fingerprint density at radius 3 is 2.11 bits per heavy atom. The molecule has 0 N–H and O–H groups in total. The summed E-state index contributed by atoms with van der Waals surface area (Å²) < 4.78 is 5.03. The van der Waals surface area contributed by atoms with Gasteiger partial charge in [-0.15, -0.1) is 0 Å². The maximum Gasteiger partial charge on any atom is 0.333 e. The zero-order valence-electron chi connectivity index (χ0n) is 12.3. The molecule has 3 nitrogen and oxygen atoms in total. The molecule has 0 spiro atoms. The Bertz CT molecular complexity index is 336. The molecule has 1 rings (SSSR count). The third kappa shape index (κ3) is 4.48. The van der Waals surface area contributed by atoms with Crippen molar-refractivity contribution in [3.8, 4) is 0 Å². The molecule has 0 radical (unpaired) electrons. The fourth-order valence-corrected chi connectivity index (χ4v) is 2.82. The number of carbonyl (C=O) groups is 2. The molecule has 0 amide bonds. The third-order valence-electron chi connectivity index (χ3n) is 4.26. The highest BCUT2D eigenvalue weighted by Gasteiger charge is 2.36. The quantitative estimate of drug-likeness (QED) is 0.561. The van der Waals surface area contributed by atoms with Crippen LogP contribution in [0.2, 0.25) is 0 Å². The number of esters is 1. The van der Waals surface area contributed by atoms with Gasteiger partial charge in [0.25, 0.3) is 0 Å². The first-order valence-corrected chi connectivity index (χ1v) is 7.38. The minimum Gasteiger partial charge on any atom is -0.454 e. The molecular formula is C16H26O3. The monoisotopic (exact) mass is 266 g/mol. The summed E-state index contributed by atoms with van der Waals surface area (Å²) in [6.07, 6.45) is 8.62. The average Bonchev–Trinajstić information content (AvgIpc) is 2.36. The number of ether oxygens (including phenoxy) is 1. The molecule has 0 atom stereocenters. The summed E-state index contributed by atoms with van der Waals surface area (Å²) >= 11 is 0. The minimum absolute atomic E-state index is 0.0894. The second-order valence-corrected chi connectivity index (χ2v) is 5.68. The standard InChI is InChI=1S/C16H26O3/c1-4-16(10-8-6-5-7-9-11-16)14(17)12-19-15(18)13(2)3/h2,4-12H2,1,3H3. The average molecular weight is 266 g/mol. The van der Waals surface area contributed by atoms with Gasteiger partial charge in [0.15, 0.2) is 12.4 Å². The normalized spacial score (nSPS) is 19.1. The first kappa shape index (κ1) is 15.9. The van der Waals surface area contributed by atoms with Crippen LogP contribution in [0.3, 0.4) is 0 Å². The predicted molar refractivity (Wildman–Crippen MR) is 75.8 cm³/mol. The van der Waals surface area contributed by atoms with Gasteiger partial charge in [-0.05, 0) is 26.2 Å². The molecule has 0 bridgehead atoms. The van der Waals surface area contributed by atoms with Crippen molar-refractivity contribution >= 4 is 11.8 Å². The number of ketones is 1. The molecule has 1 aliphatic carbocycles. The van der Waals surface area contributed by atoms with Gasteiger partial charge in [-0.2, -0.15) is 0 Å². The van der Waals surface area contributed by atoms with Crippen LogP contribution in [-0.2, 0) is 14.3 Å². The summed E-state index contributed by atoms with van der Waals surface area (Å²) in [7, 11) is 0. The summed E-state index contributed by atoms with van der Waals surface area (Å²) in [5.41, 5.74) is 0.0755. The summed E-state index contributed by atoms with van der Waals surface area (Å²) in [6.45, 7) is 7.09. The van der Waals surface area contributed by atoms with Gasteiger partial charge >= 0.3 is 5.97 Å². The Morgan fingerprint density at radius 2 is 1.63 bits per heavy atom. The van der Waals surface area contributed by atoms with E-state index in [1.54, 1.807) is 6.92 Å². The zero-order chi connectivity index (χ0) is 14.3. The van der Waals surface area contributed by atoms with Crippen LogP contribution in [0.25, 0.3) is 0 Å². The van der Waals surface area contributed by atoms with Gasteiger partial charge in [-0.3, -0.25) is 4.79 Å². The summed E-state index contributed by atoms with van der Waals surface area (Å²) in [5, 5.41) is 0. The van der Waals surface area contributed by atoms with E-state index in [1.807, 2.05) is 0 Å². The van der Waals surface area contributed by atoms with Crippen molar-refractivity contribution in [2.75, 3.05) is 6.61 Å². The molecule has 0 saturated heterocycles. The Morgan fingerprint density at radius 1 is 1.11 bits per heavy atom. The van der Waals surface area contributed by atoms with Crippen molar-refractivity contribution in [3.05, 3.63) is 12.2 Å². The van der Waals surface area contributed by atoms with E-state index in [0.29, 0.717) is 5.57 Å². The van der Waals surface area contributed by atoms with E-state index in [0.717, 1.165) is 32.1 Å². The van der Waals surface area contributed by atoms with Crippen molar-refractivity contribution < 1.29 is 14.3 Å². The topological polar surface area (TPSA) is 43.4 Å². The van der Waals surface area contributed by atoms with E-state index in [1.165, 1.54) is 19.3 Å². The second-order valence-electron chi connectivity index (χ2n) is 5.68. The van der Waals surface area contributed by atoms with Gasteiger partial charge in [-0.1, -0.05) is 45.6 Å². The van der Waals surface area contributed by atoms with Gasteiger partial charge in [0.2, 0.25) is 0 Å². The molecule has 1 saturated carbocycles. The SMILES string of the molecule is C=C(C)C(=O)OCC(=O)C1(CC)CCCCCCC1. The third-order valence-corrected chi connectivity index (χ3v) is 4.26. The molecule has 1 aliphatic rings. The Labute approximate surface area is 116 Å². The molecule has 1 fully saturated rings. The lowest BCUT2D eigenvalue weighted by Gasteiger charge is -2.32. The van der Waals surface area contributed by atoms with Gasteiger partial charge in [-0.25, -0.2) is 4.79 Å². The molecule has 19 heavy (non-hydrogen) atoms. The highest BCUT2D eigenvalue weighted by molar-refractivity contribution is 5.91. The van der Waals surface area contributed by atoms with Crippen LogP contribution >= 0.6 is 0 Å². The summed E-state index contributed by atoms with van der Waals surface area (Å²) in [5.74, 6) is -0.378.